The molecule has 0 aliphatic carbocycles. The van der Waals surface area contributed by atoms with Gasteiger partial charge in [0.25, 0.3) is 0 Å². The summed E-state index contributed by atoms with van der Waals surface area (Å²) in [4.78, 5) is 44.8. The summed E-state index contributed by atoms with van der Waals surface area (Å²) < 4.78 is 0. The maximum atomic E-state index is 14.0. The number of nitrogens with one attached hydrogen (secondary N) is 1. The lowest BCUT2D eigenvalue weighted by atomic mass is 9.98. The van der Waals surface area contributed by atoms with E-state index in [2.05, 4.69) is 5.32 Å². The maximum absolute atomic E-state index is 14.0. The fraction of sp³-hybridized carbons (Fsp3) is 0.344. The van der Waals surface area contributed by atoms with E-state index in [1.807, 2.05) is 72.6 Å². The van der Waals surface area contributed by atoms with Crippen LogP contribution >= 0.6 is 0 Å². The van der Waals surface area contributed by atoms with E-state index in [0.29, 0.717) is 26.1 Å². The molecule has 2 heterocycles. The van der Waals surface area contributed by atoms with Crippen molar-refractivity contribution in [3.63, 3.8) is 0 Å². The minimum absolute atomic E-state index is 0.0223. The van der Waals surface area contributed by atoms with Gasteiger partial charge in [-0.25, -0.2) is 14.8 Å². The van der Waals surface area contributed by atoms with Gasteiger partial charge in [-0.3, -0.25) is 9.59 Å². The molecule has 3 aromatic carbocycles. The number of rotatable bonds is 9. The van der Waals surface area contributed by atoms with E-state index in [1.165, 1.54) is 0 Å². The van der Waals surface area contributed by atoms with Crippen molar-refractivity contribution >= 4 is 17.8 Å². The van der Waals surface area contributed by atoms with Crippen LogP contribution in [0.25, 0.3) is 0 Å². The first-order chi connectivity index (χ1) is 19.9. The Morgan fingerprint density at radius 1 is 0.902 bits per heavy atom. The third-order valence-corrected chi connectivity index (χ3v) is 7.63. The third-order valence-electron chi connectivity index (χ3n) is 7.63. The molecule has 4 amide bonds. The number of phenols is 1. The van der Waals surface area contributed by atoms with E-state index in [1.54, 1.807) is 39.1 Å². The topological polar surface area (TPSA) is 96.4 Å². The summed E-state index contributed by atoms with van der Waals surface area (Å²) in [5, 5.41) is 16.3. The summed E-state index contributed by atoms with van der Waals surface area (Å²) >= 11 is 0. The lowest BCUT2D eigenvalue weighted by molar-refractivity contribution is -0.190. The highest BCUT2D eigenvalue weighted by Gasteiger charge is 2.51. The van der Waals surface area contributed by atoms with Gasteiger partial charge in [0, 0.05) is 26.1 Å². The van der Waals surface area contributed by atoms with E-state index < -0.39 is 12.2 Å². The number of piperazine rings is 1. The Bertz CT molecular complexity index is 1340. The Morgan fingerprint density at radius 2 is 1.56 bits per heavy atom. The van der Waals surface area contributed by atoms with Gasteiger partial charge in [0.15, 0.2) is 0 Å². The number of carbonyl (C=O) groups is 3. The van der Waals surface area contributed by atoms with E-state index in [9.17, 15) is 19.5 Å². The monoisotopic (exact) mass is 555 g/mol. The highest BCUT2D eigenvalue weighted by atomic mass is 16.3. The zero-order valence-electron chi connectivity index (χ0n) is 23.4. The van der Waals surface area contributed by atoms with Gasteiger partial charge < -0.3 is 20.2 Å². The predicted molar refractivity (Wildman–Crippen MR) is 155 cm³/mol. The van der Waals surface area contributed by atoms with Crippen molar-refractivity contribution in [2.45, 2.75) is 44.9 Å². The van der Waals surface area contributed by atoms with Crippen molar-refractivity contribution in [2.24, 2.45) is 0 Å². The molecule has 0 radical (unpaired) electrons. The smallest absolute Gasteiger partial charge is 0.333 e. The van der Waals surface area contributed by atoms with E-state index in [0.717, 1.165) is 23.1 Å². The molecule has 41 heavy (non-hydrogen) atoms. The van der Waals surface area contributed by atoms with Gasteiger partial charge in [0.2, 0.25) is 11.8 Å². The number of aromatic hydroxyl groups is 1. The van der Waals surface area contributed by atoms with Crippen molar-refractivity contribution in [1.29, 1.82) is 0 Å². The lowest BCUT2D eigenvalue weighted by Crippen LogP contribution is -2.76. The number of amides is 4. The van der Waals surface area contributed by atoms with Crippen LogP contribution in [0.1, 0.15) is 30.0 Å². The van der Waals surface area contributed by atoms with Crippen molar-refractivity contribution in [2.75, 3.05) is 26.2 Å². The second kappa shape index (κ2) is 12.9. The van der Waals surface area contributed by atoms with Crippen molar-refractivity contribution in [1.82, 2.24) is 25.1 Å². The van der Waals surface area contributed by atoms with Crippen LogP contribution in [0.15, 0.2) is 84.9 Å². The van der Waals surface area contributed by atoms with Crippen LogP contribution in [0.5, 0.6) is 5.75 Å². The van der Waals surface area contributed by atoms with Crippen LogP contribution in [0.2, 0.25) is 0 Å². The Hall–Kier alpha value is -4.37. The van der Waals surface area contributed by atoms with Gasteiger partial charge in [-0.05, 0) is 41.7 Å². The molecule has 0 unspecified atom stereocenters. The maximum Gasteiger partial charge on any atom is 0.333 e. The van der Waals surface area contributed by atoms with E-state index >= 15 is 0 Å². The Morgan fingerprint density at radius 3 is 2.22 bits per heavy atom. The minimum Gasteiger partial charge on any atom is -0.508 e. The van der Waals surface area contributed by atoms with Gasteiger partial charge in [0.05, 0.1) is 13.1 Å². The fourth-order valence-corrected chi connectivity index (χ4v) is 5.69. The molecule has 2 saturated heterocycles. The predicted octanol–water partition coefficient (Wildman–Crippen LogP) is 3.40. The van der Waals surface area contributed by atoms with Gasteiger partial charge in [0.1, 0.15) is 18.0 Å². The summed E-state index contributed by atoms with van der Waals surface area (Å²) in [6.07, 6.45) is 1.08. The molecule has 0 aromatic heterocycles. The number of hydrogen-bond donors (Lipinski definition) is 2. The number of hydrogen-bond acceptors (Lipinski definition) is 5. The second-order valence-electron chi connectivity index (χ2n) is 10.6. The molecule has 2 aliphatic rings. The molecule has 2 fully saturated rings. The number of nitrogens with zero attached hydrogens (tertiary/aromatic N) is 4. The van der Waals surface area contributed by atoms with Crippen LogP contribution < -0.4 is 5.32 Å². The standard InChI is InChI=1S/C32H37N5O4/c1-2-19-35-23-30(39)36-28(20-25-13-15-27(38)16-14-25)31(40)34(21-26-11-7-4-8-12-26)22-29(36)37(35)32(41)33-18-17-24-9-5-3-6-10-24/h3-16,28-29,38H,2,17-23H2,1H3,(H,33,41)/t28-,29-/m0/s1. The van der Waals surface area contributed by atoms with Gasteiger partial charge >= 0.3 is 6.03 Å². The molecule has 9 heteroatoms. The lowest BCUT2D eigenvalue weighted by Gasteiger charge is -2.55. The molecule has 2 aliphatic heterocycles. The number of benzene rings is 3. The first-order valence-electron chi connectivity index (χ1n) is 14.2. The highest BCUT2D eigenvalue weighted by molar-refractivity contribution is 5.91. The molecule has 0 saturated carbocycles. The SMILES string of the molecule is CCCN1CC(=O)N2[C@@H](Cc3ccc(O)cc3)C(=O)N(Cc3ccccc3)C[C@@H]2N1C(=O)NCCc1ccccc1. The molecule has 3 aromatic rings. The van der Waals surface area contributed by atoms with Crippen LogP contribution in [-0.4, -0.2) is 81.2 Å². The Labute approximate surface area is 240 Å². The van der Waals surface area contributed by atoms with Crippen molar-refractivity contribution in [3.8, 4) is 5.75 Å². The first kappa shape index (κ1) is 28.2. The van der Waals surface area contributed by atoms with E-state index in [-0.39, 0.29) is 43.1 Å². The Balaban J connectivity index is 1.44. The highest BCUT2D eigenvalue weighted by Crippen LogP contribution is 2.29. The minimum atomic E-state index is -0.780. The first-order valence-corrected chi connectivity index (χ1v) is 14.2. The number of carbonyl (C=O) groups excluding carboxylic acids is 3. The summed E-state index contributed by atoms with van der Waals surface area (Å²) in [7, 11) is 0. The molecular weight excluding hydrogens is 518 g/mol. The van der Waals surface area contributed by atoms with E-state index in [4.69, 9.17) is 0 Å². The van der Waals surface area contributed by atoms with Crippen molar-refractivity contribution < 1.29 is 19.5 Å². The number of phenolic OH excluding ortho intramolecular Hbond substituents is 1. The summed E-state index contributed by atoms with van der Waals surface area (Å²) in [5.41, 5.74) is 2.92. The molecular formula is C32H37N5O4. The zero-order valence-corrected chi connectivity index (χ0v) is 23.4. The van der Waals surface area contributed by atoms with Gasteiger partial charge in [-0.1, -0.05) is 79.7 Å². The number of hydrazine groups is 1. The number of urea groups is 1. The second-order valence-corrected chi connectivity index (χ2v) is 10.6. The van der Waals surface area contributed by atoms with Crippen molar-refractivity contribution in [3.05, 3.63) is 102 Å². The molecule has 2 N–H and O–H groups in total. The van der Waals surface area contributed by atoms with Gasteiger partial charge in [-0.15, -0.1) is 0 Å². The van der Waals surface area contributed by atoms with Gasteiger partial charge in [-0.2, -0.15) is 0 Å². The molecule has 214 valence electrons. The average Bonchev–Trinajstić information content (AvgIpc) is 2.97. The third kappa shape index (κ3) is 6.52. The summed E-state index contributed by atoms with van der Waals surface area (Å²) in [6, 6.07) is 25.3. The average molecular weight is 556 g/mol. The van der Waals surface area contributed by atoms with Crippen LogP contribution in [0.4, 0.5) is 4.79 Å². The summed E-state index contributed by atoms with van der Waals surface area (Å²) in [6.45, 7) is 3.61. The fourth-order valence-electron chi connectivity index (χ4n) is 5.69. The zero-order chi connectivity index (χ0) is 28.8. The van der Waals surface area contributed by atoms with Crippen LogP contribution in [0, 0.1) is 0 Å². The van der Waals surface area contributed by atoms with Crippen LogP contribution in [-0.2, 0) is 29.0 Å². The quantitative estimate of drug-likeness (QED) is 0.422. The Kier molecular flexibility index (Phi) is 8.84. The normalized spacial score (nSPS) is 19.3. The molecule has 0 bridgehead atoms. The largest absolute Gasteiger partial charge is 0.508 e. The summed E-state index contributed by atoms with van der Waals surface area (Å²) in [5.74, 6) is -0.192. The van der Waals surface area contributed by atoms with Crippen LogP contribution in [0.3, 0.4) is 0 Å². The molecule has 0 spiro atoms. The molecule has 9 nitrogen and oxygen atoms in total. The molecule has 2 atom stereocenters. The molecule has 5 rings (SSSR count). The number of fused-ring (bicyclic) bond motifs is 1.